The van der Waals surface area contributed by atoms with Gasteiger partial charge in [0, 0.05) is 0 Å². The highest BCUT2D eigenvalue weighted by atomic mass is 28.3. The summed E-state index contributed by atoms with van der Waals surface area (Å²) in [7, 11) is -1.05. The Bertz CT molecular complexity index is 162. The second kappa shape index (κ2) is 8.72. The standard InChI is InChI=1S/C14H26Si/c1-5-9-12-15(8-4,13-10-6-2)14-11-7-3/h5-7H,1-3,8-14H2,4H3. The van der Waals surface area contributed by atoms with E-state index >= 15 is 0 Å². The predicted octanol–water partition coefficient (Wildman–Crippen LogP) is 5.18. The van der Waals surface area contributed by atoms with Gasteiger partial charge in [-0.05, 0) is 19.3 Å². The van der Waals surface area contributed by atoms with Gasteiger partial charge in [-0.2, -0.15) is 0 Å². The average molecular weight is 222 g/mol. The van der Waals surface area contributed by atoms with E-state index in [1.165, 1.54) is 43.4 Å². The molecule has 0 amide bonds. The largest absolute Gasteiger partial charge is 0.103 e. The molecule has 0 aromatic heterocycles. The van der Waals surface area contributed by atoms with Crippen molar-refractivity contribution >= 4 is 8.07 Å². The van der Waals surface area contributed by atoms with Crippen molar-refractivity contribution in [2.45, 2.75) is 50.4 Å². The Balaban J connectivity index is 4.34. The maximum Gasteiger partial charge on any atom is 0.0542 e. The lowest BCUT2D eigenvalue weighted by atomic mass is 10.5. The second-order valence-corrected chi connectivity index (χ2v) is 9.54. The van der Waals surface area contributed by atoms with E-state index in [1.54, 1.807) is 0 Å². The summed E-state index contributed by atoms with van der Waals surface area (Å²) in [6, 6.07) is 5.58. The summed E-state index contributed by atoms with van der Waals surface area (Å²) in [5.74, 6) is 0. The van der Waals surface area contributed by atoms with Crippen molar-refractivity contribution in [1.29, 1.82) is 0 Å². The lowest BCUT2D eigenvalue weighted by molar-refractivity contribution is 0.987. The molecule has 0 aliphatic heterocycles. The minimum absolute atomic E-state index is 1.05. The minimum atomic E-state index is -1.05. The van der Waals surface area contributed by atoms with Gasteiger partial charge in [-0.15, -0.1) is 19.7 Å². The SMILES string of the molecule is C=CCC[Si](CC)(CCC=C)CCC=C. The molecule has 0 N–H and O–H groups in total. The summed E-state index contributed by atoms with van der Waals surface area (Å²) in [6.07, 6.45) is 9.77. The number of hydrogen-bond acceptors (Lipinski definition) is 0. The molecule has 0 heterocycles. The molecule has 0 bridgehead atoms. The van der Waals surface area contributed by atoms with Gasteiger partial charge in [-0.3, -0.25) is 0 Å². The van der Waals surface area contributed by atoms with Crippen LogP contribution in [-0.2, 0) is 0 Å². The summed E-state index contributed by atoms with van der Waals surface area (Å²) in [5.41, 5.74) is 0. The Hall–Kier alpha value is -0.563. The van der Waals surface area contributed by atoms with Crippen molar-refractivity contribution in [2.75, 3.05) is 0 Å². The molecule has 0 saturated heterocycles. The maximum atomic E-state index is 3.84. The summed E-state index contributed by atoms with van der Waals surface area (Å²) >= 11 is 0. The third-order valence-corrected chi connectivity index (χ3v) is 8.93. The Morgan fingerprint density at radius 2 is 1.13 bits per heavy atom. The van der Waals surface area contributed by atoms with Gasteiger partial charge in [-0.25, -0.2) is 0 Å². The first kappa shape index (κ1) is 14.4. The zero-order valence-corrected chi connectivity index (χ0v) is 11.3. The Morgan fingerprint density at radius 3 is 1.33 bits per heavy atom. The van der Waals surface area contributed by atoms with E-state index in [-0.39, 0.29) is 0 Å². The molecule has 0 unspecified atom stereocenters. The van der Waals surface area contributed by atoms with Crippen molar-refractivity contribution in [3.63, 3.8) is 0 Å². The first-order valence-corrected chi connectivity index (χ1v) is 8.90. The molecule has 0 atom stereocenters. The summed E-state index contributed by atoms with van der Waals surface area (Å²) in [6.45, 7) is 13.9. The summed E-state index contributed by atoms with van der Waals surface area (Å²) in [4.78, 5) is 0. The molecule has 86 valence electrons. The smallest absolute Gasteiger partial charge is 0.0542 e. The maximum absolute atomic E-state index is 3.84. The molecule has 0 fully saturated rings. The molecule has 0 radical (unpaired) electrons. The highest BCUT2D eigenvalue weighted by molar-refractivity contribution is 6.79. The fourth-order valence-electron chi connectivity index (χ4n) is 2.13. The lowest BCUT2D eigenvalue weighted by Crippen LogP contribution is -2.32. The number of hydrogen-bond donors (Lipinski definition) is 0. The van der Waals surface area contributed by atoms with Crippen LogP contribution in [0.1, 0.15) is 26.2 Å². The van der Waals surface area contributed by atoms with Gasteiger partial charge in [-0.1, -0.05) is 49.3 Å². The first-order valence-electron chi connectivity index (χ1n) is 6.07. The topological polar surface area (TPSA) is 0 Å². The van der Waals surface area contributed by atoms with Gasteiger partial charge in [0.2, 0.25) is 0 Å². The highest BCUT2D eigenvalue weighted by Gasteiger charge is 2.27. The van der Waals surface area contributed by atoms with Gasteiger partial charge >= 0.3 is 0 Å². The first-order chi connectivity index (χ1) is 7.24. The van der Waals surface area contributed by atoms with Crippen molar-refractivity contribution in [3.8, 4) is 0 Å². The fraction of sp³-hybridized carbons (Fsp3) is 0.571. The molecular weight excluding hydrogens is 196 g/mol. The van der Waals surface area contributed by atoms with E-state index in [2.05, 4.69) is 44.9 Å². The lowest BCUT2D eigenvalue weighted by Gasteiger charge is -2.30. The molecule has 1 heteroatoms. The minimum Gasteiger partial charge on any atom is -0.103 e. The molecule has 0 rings (SSSR count). The van der Waals surface area contributed by atoms with Crippen LogP contribution >= 0.6 is 0 Å². The molecule has 0 aliphatic rings. The highest BCUT2D eigenvalue weighted by Crippen LogP contribution is 2.30. The summed E-state index contributed by atoms with van der Waals surface area (Å²) < 4.78 is 0. The molecule has 0 saturated carbocycles. The van der Waals surface area contributed by atoms with E-state index in [9.17, 15) is 0 Å². The van der Waals surface area contributed by atoms with Crippen LogP contribution in [0.3, 0.4) is 0 Å². The molecule has 0 spiro atoms. The van der Waals surface area contributed by atoms with Crippen molar-refractivity contribution in [2.24, 2.45) is 0 Å². The van der Waals surface area contributed by atoms with Crippen LogP contribution in [0.15, 0.2) is 38.0 Å². The van der Waals surface area contributed by atoms with E-state index in [0.29, 0.717) is 0 Å². The van der Waals surface area contributed by atoms with Crippen LogP contribution in [0.4, 0.5) is 0 Å². The van der Waals surface area contributed by atoms with E-state index in [1.807, 2.05) is 0 Å². The van der Waals surface area contributed by atoms with Gasteiger partial charge in [0.05, 0.1) is 8.07 Å². The van der Waals surface area contributed by atoms with Crippen LogP contribution in [0.5, 0.6) is 0 Å². The van der Waals surface area contributed by atoms with E-state index < -0.39 is 8.07 Å². The zero-order valence-electron chi connectivity index (χ0n) is 10.3. The Kier molecular flexibility index (Phi) is 8.39. The van der Waals surface area contributed by atoms with Gasteiger partial charge in [0.1, 0.15) is 0 Å². The van der Waals surface area contributed by atoms with Crippen LogP contribution < -0.4 is 0 Å². The zero-order chi connectivity index (χ0) is 11.6. The molecular formula is C14H26Si. The predicted molar refractivity (Wildman–Crippen MR) is 75.1 cm³/mol. The average Bonchev–Trinajstić information content (AvgIpc) is 2.29. The quantitative estimate of drug-likeness (QED) is 0.353. The Morgan fingerprint density at radius 1 is 0.800 bits per heavy atom. The van der Waals surface area contributed by atoms with Crippen LogP contribution in [-0.4, -0.2) is 8.07 Å². The molecule has 0 aromatic rings. The fourth-order valence-corrected chi connectivity index (χ4v) is 6.39. The van der Waals surface area contributed by atoms with Gasteiger partial charge in [0.25, 0.3) is 0 Å². The van der Waals surface area contributed by atoms with Crippen molar-refractivity contribution < 1.29 is 0 Å². The second-order valence-electron chi connectivity index (χ2n) is 4.34. The number of allylic oxidation sites excluding steroid dienone is 3. The normalized spacial score (nSPS) is 11.0. The van der Waals surface area contributed by atoms with E-state index in [4.69, 9.17) is 0 Å². The van der Waals surface area contributed by atoms with Crippen molar-refractivity contribution in [3.05, 3.63) is 38.0 Å². The monoisotopic (exact) mass is 222 g/mol. The molecule has 0 aliphatic carbocycles. The van der Waals surface area contributed by atoms with Gasteiger partial charge < -0.3 is 0 Å². The van der Waals surface area contributed by atoms with Crippen molar-refractivity contribution in [1.82, 2.24) is 0 Å². The molecule has 15 heavy (non-hydrogen) atoms. The van der Waals surface area contributed by atoms with E-state index in [0.717, 1.165) is 0 Å². The molecule has 0 aromatic carbocycles. The van der Waals surface area contributed by atoms with Crippen LogP contribution in [0, 0.1) is 0 Å². The van der Waals surface area contributed by atoms with Crippen LogP contribution in [0.2, 0.25) is 24.2 Å². The summed E-state index contributed by atoms with van der Waals surface area (Å²) in [5, 5.41) is 0. The van der Waals surface area contributed by atoms with Crippen LogP contribution in [0.25, 0.3) is 0 Å². The number of rotatable bonds is 10. The van der Waals surface area contributed by atoms with Gasteiger partial charge in [0.15, 0.2) is 0 Å². The third-order valence-electron chi connectivity index (χ3n) is 3.39. The Labute approximate surface area is 96.8 Å². The molecule has 0 nitrogen and oxygen atoms in total. The third kappa shape index (κ3) is 5.78.